The number of methoxy groups -OCH3 is 1. The van der Waals surface area contributed by atoms with Crippen molar-refractivity contribution in [3.05, 3.63) is 64.7 Å². The molecule has 6 heteroatoms. The number of sulfone groups is 1. The van der Waals surface area contributed by atoms with Gasteiger partial charge in [-0.3, -0.25) is 0 Å². The van der Waals surface area contributed by atoms with E-state index in [-0.39, 0.29) is 11.5 Å². The Kier molecular flexibility index (Phi) is 5.45. The SMILES string of the molecule is COc1ccc(CS(=O)(=O)CC(O)c2ccccc2)cc1Cl. The lowest BCUT2D eigenvalue weighted by Crippen LogP contribution is -2.16. The van der Waals surface area contributed by atoms with E-state index in [1.54, 1.807) is 42.5 Å². The second kappa shape index (κ2) is 7.13. The lowest BCUT2D eigenvalue weighted by Gasteiger charge is -2.12. The molecule has 0 saturated carbocycles. The molecule has 2 aromatic carbocycles. The Morgan fingerprint density at radius 2 is 1.86 bits per heavy atom. The molecule has 0 bridgehead atoms. The molecule has 0 saturated heterocycles. The second-order valence-corrected chi connectivity index (χ2v) is 7.47. The molecule has 1 atom stereocenters. The van der Waals surface area contributed by atoms with Gasteiger partial charge in [-0.2, -0.15) is 0 Å². The standard InChI is InChI=1S/C16H17ClO4S/c1-21-16-8-7-12(9-14(16)17)10-22(19,20)11-15(18)13-5-3-2-4-6-13/h2-9,15,18H,10-11H2,1H3. The Hall–Kier alpha value is -1.56. The van der Waals surface area contributed by atoms with Crippen LogP contribution in [0.2, 0.25) is 5.02 Å². The van der Waals surface area contributed by atoms with Crippen molar-refractivity contribution in [3.8, 4) is 5.75 Å². The predicted octanol–water partition coefficient (Wildman–Crippen LogP) is 3.00. The maximum Gasteiger partial charge on any atom is 0.157 e. The van der Waals surface area contributed by atoms with E-state index in [2.05, 4.69) is 0 Å². The molecule has 0 aromatic heterocycles. The van der Waals surface area contributed by atoms with Gasteiger partial charge < -0.3 is 9.84 Å². The Labute approximate surface area is 135 Å². The highest BCUT2D eigenvalue weighted by Gasteiger charge is 2.19. The van der Waals surface area contributed by atoms with E-state index >= 15 is 0 Å². The summed E-state index contributed by atoms with van der Waals surface area (Å²) < 4.78 is 29.5. The average Bonchev–Trinajstić information content (AvgIpc) is 2.47. The first kappa shape index (κ1) is 16.8. The van der Waals surface area contributed by atoms with Crippen LogP contribution in [0, 0.1) is 0 Å². The summed E-state index contributed by atoms with van der Waals surface area (Å²) in [6, 6.07) is 13.6. The van der Waals surface area contributed by atoms with Gasteiger partial charge in [-0.1, -0.05) is 48.0 Å². The van der Waals surface area contributed by atoms with Gasteiger partial charge in [0.15, 0.2) is 9.84 Å². The third-order valence-electron chi connectivity index (χ3n) is 3.20. The molecular formula is C16H17ClO4S. The fraction of sp³-hybridized carbons (Fsp3) is 0.250. The molecule has 2 aromatic rings. The van der Waals surface area contributed by atoms with Gasteiger partial charge in [-0.25, -0.2) is 8.42 Å². The average molecular weight is 341 g/mol. The minimum atomic E-state index is -3.47. The summed E-state index contributed by atoms with van der Waals surface area (Å²) in [4.78, 5) is 0. The number of halogens is 1. The first-order valence-corrected chi connectivity index (χ1v) is 8.87. The number of aliphatic hydroxyl groups is 1. The summed E-state index contributed by atoms with van der Waals surface area (Å²) in [5, 5.41) is 10.4. The molecule has 0 aliphatic heterocycles. The van der Waals surface area contributed by atoms with Crippen LogP contribution in [0.4, 0.5) is 0 Å². The number of benzene rings is 2. The van der Waals surface area contributed by atoms with Crippen LogP contribution < -0.4 is 4.74 Å². The van der Waals surface area contributed by atoms with Gasteiger partial charge in [-0.05, 0) is 23.3 Å². The predicted molar refractivity (Wildman–Crippen MR) is 86.9 cm³/mol. The van der Waals surface area contributed by atoms with Gasteiger partial charge in [0.25, 0.3) is 0 Å². The van der Waals surface area contributed by atoms with Gasteiger partial charge in [-0.15, -0.1) is 0 Å². The Morgan fingerprint density at radius 1 is 1.18 bits per heavy atom. The van der Waals surface area contributed by atoms with Crippen molar-refractivity contribution in [2.75, 3.05) is 12.9 Å². The molecule has 4 nitrogen and oxygen atoms in total. The van der Waals surface area contributed by atoms with Crippen molar-refractivity contribution in [1.29, 1.82) is 0 Å². The van der Waals surface area contributed by atoms with E-state index in [0.29, 0.717) is 21.9 Å². The number of hydrogen-bond donors (Lipinski definition) is 1. The van der Waals surface area contributed by atoms with Crippen molar-refractivity contribution in [3.63, 3.8) is 0 Å². The molecule has 22 heavy (non-hydrogen) atoms. The Bertz CT molecular complexity index is 729. The van der Waals surface area contributed by atoms with E-state index in [4.69, 9.17) is 16.3 Å². The van der Waals surface area contributed by atoms with Gasteiger partial charge >= 0.3 is 0 Å². The van der Waals surface area contributed by atoms with Gasteiger partial charge in [0.05, 0.1) is 29.7 Å². The van der Waals surface area contributed by atoms with E-state index in [0.717, 1.165) is 0 Å². The van der Waals surface area contributed by atoms with Crippen LogP contribution >= 0.6 is 11.6 Å². The molecule has 0 heterocycles. The molecule has 1 unspecified atom stereocenters. The van der Waals surface area contributed by atoms with Gasteiger partial charge in [0.2, 0.25) is 0 Å². The van der Waals surface area contributed by atoms with E-state index in [9.17, 15) is 13.5 Å². The Morgan fingerprint density at radius 3 is 2.45 bits per heavy atom. The van der Waals surface area contributed by atoms with Crippen LogP contribution in [0.15, 0.2) is 48.5 Å². The van der Waals surface area contributed by atoms with Crippen LogP contribution in [-0.2, 0) is 15.6 Å². The zero-order valence-corrected chi connectivity index (χ0v) is 13.6. The molecule has 0 amide bonds. The topological polar surface area (TPSA) is 63.6 Å². The Balaban J connectivity index is 2.09. The first-order valence-electron chi connectivity index (χ1n) is 6.67. The maximum atomic E-state index is 12.2. The van der Waals surface area contributed by atoms with Crippen molar-refractivity contribution < 1.29 is 18.3 Å². The molecule has 0 spiro atoms. The number of aliphatic hydroxyl groups excluding tert-OH is 1. The van der Waals surface area contributed by atoms with Crippen LogP contribution in [0.3, 0.4) is 0 Å². The summed E-state index contributed by atoms with van der Waals surface area (Å²) in [5.74, 6) is -0.0199. The number of hydrogen-bond acceptors (Lipinski definition) is 4. The fourth-order valence-electron chi connectivity index (χ4n) is 2.12. The third kappa shape index (κ3) is 4.47. The van der Waals surface area contributed by atoms with Crippen molar-refractivity contribution in [2.45, 2.75) is 11.9 Å². The molecule has 2 rings (SSSR count). The highest BCUT2D eigenvalue weighted by molar-refractivity contribution is 7.90. The quantitative estimate of drug-likeness (QED) is 0.878. The maximum absolute atomic E-state index is 12.2. The van der Waals surface area contributed by atoms with E-state index in [1.807, 2.05) is 6.07 Å². The summed E-state index contributed by atoms with van der Waals surface area (Å²) in [5.41, 5.74) is 1.14. The minimum Gasteiger partial charge on any atom is -0.495 e. The summed E-state index contributed by atoms with van der Waals surface area (Å²) >= 11 is 5.99. The zero-order chi connectivity index (χ0) is 16.2. The van der Waals surface area contributed by atoms with Crippen LogP contribution in [0.1, 0.15) is 17.2 Å². The molecule has 118 valence electrons. The molecule has 0 aliphatic rings. The van der Waals surface area contributed by atoms with Crippen molar-refractivity contribution in [2.24, 2.45) is 0 Å². The van der Waals surface area contributed by atoms with Crippen LogP contribution in [0.25, 0.3) is 0 Å². The summed E-state index contributed by atoms with van der Waals surface area (Å²) in [6.07, 6.45) is -1.04. The number of ether oxygens (including phenoxy) is 1. The molecular weight excluding hydrogens is 324 g/mol. The van der Waals surface area contributed by atoms with Crippen LogP contribution in [-0.4, -0.2) is 26.4 Å². The second-order valence-electron chi connectivity index (χ2n) is 4.95. The van der Waals surface area contributed by atoms with Crippen LogP contribution in [0.5, 0.6) is 5.75 Å². The number of rotatable bonds is 6. The third-order valence-corrected chi connectivity index (χ3v) is 5.09. The van der Waals surface area contributed by atoms with E-state index in [1.165, 1.54) is 7.11 Å². The van der Waals surface area contributed by atoms with Crippen molar-refractivity contribution in [1.82, 2.24) is 0 Å². The molecule has 0 radical (unpaired) electrons. The van der Waals surface area contributed by atoms with E-state index < -0.39 is 15.9 Å². The lowest BCUT2D eigenvalue weighted by atomic mass is 10.1. The zero-order valence-electron chi connectivity index (χ0n) is 12.1. The fourth-order valence-corrected chi connectivity index (χ4v) is 3.88. The highest BCUT2D eigenvalue weighted by atomic mass is 35.5. The highest BCUT2D eigenvalue weighted by Crippen LogP contribution is 2.26. The summed E-state index contributed by atoms with van der Waals surface area (Å²) in [6.45, 7) is 0. The van der Waals surface area contributed by atoms with Crippen molar-refractivity contribution >= 4 is 21.4 Å². The summed E-state index contributed by atoms with van der Waals surface area (Å²) in [7, 11) is -1.97. The molecule has 0 aliphatic carbocycles. The smallest absolute Gasteiger partial charge is 0.157 e. The van der Waals surface area contributed by atoms with Gasteiger partial charge in [0, 0.05) is 0 Å². The first-order chi connectivity index (χ1) is 10.4. The minimum absolute atomic E-state index is 0.180. The normalized spacial score (nSPS) is 12.9. The monoisotopic (exact) mass is 340 g/mol. The van der Waals surface area contributed by atoms with Gasteiger partial charge in [0.1, 0.15) is 5.75 Å². The largest absolute Gasteiger partial charge is 0.495 e. The lowest BCUT2D eigenvalue weighted by molar-refractivity contribution is 0.201. The molecule has 1 N–H and O–H groups in total. The molecule has 0 fully saturated rings.